The molecule has 0 radical (unpaired) electrons. The monoisotopic (exact) mass is 316 g/mol. The number of nitrogens with zero attached hydrogens (tertiary/aromatic N) is 1. The number of halogens is 1. The minimum Gasteiger partial charge on any atom is -0.444 e. The summed E-state index contributed by atoms with van der Waals surface area (Å²) < 4.78 is 5.68. The topological polar surface area (TPSA) is 62.6 Å². The summed E-state index contributed by atoms with van der Waals surface area (Å²) in [5, 5.41) is 2.75. The van der Waals surface area contributed by atoms with E-state index in [2.05, 4.69) is 21.2 Å². The number of furan rings is 1. The third-order valence-corrected chi connectivity index (χ3v) is 2.66. The lowest BCUT2D eigenvalue weighted by molar-refractivity contribution is -0.122. The molecule has 0 aliphatic heterocycles. The lowest BCUT2D eigenvalue weighted by Gasteiger charge is -2.19. The van der Waals surface area contributed by atoms with Crippen molar-refractivity contribution in [1.29, 1.82) is 0 Å². The predicted octanol–water partition coefficient (Wildman–Crippen LogP) is 2.03. The highest BCUT2D eigenvalue weighted by Gasteiger charge is 2.20. The molecule has 1 rings (SSSR count). The molecule has 1 aromatic heterocycles. The molecule has 6 heteroatoms. The smallest absolute Gasteiger partial charge is 0.290 e. The van der Waals surface area contributed by atoms with Crippen molar-refractivity contribution in [3.63, 3.8) is 0 Å². The normalized spacial score (nSPS) is 10.5. The number of carbonyl (C=O) groups excluding carboxylic acids is 2. The molecule has 0 saturated heterocycles. The van der Waals surface area contributed by atoms with Gasteiger partial charge < -0.3 is 14.6 Å². The van der Waals surface area contributed by atoms with Crippen LogP contribution in [0.4, 0.5) is 0 Å². The molecule has 0 aromatic carbocycles. The maximum Gasteiger partial charge on any atom is 0.290 e. The number of hydrogen-bond acceptors (Lipinski definition) is 3. The molecule has 5 nitrogen and oxygen atoms in total. The summed E-state index contributed by atoms with van der Waals surface area (Å²) in [6.45, 7) is 6.05. The highest BCUT2D eigenvalue weighted by atomic mass is 79.9. The van der Waals surface area contributed by atoms with E-state index in [0.29, 0.717) is 11.2 Å². The summed E-state index contributed by atoms with van der Waals surface area (Å²) in [4.78, 5) is 25.1. The molecule has 1 heterocycles. The minimum absolute atomic E-state index is 0.0336. The van der Waals surface area contributed by atoms with Crippen molar-refractivity contribution >= 4 is 27.7 Å². The lowest BCUT2D eigenvalue weighted by Crippen LogP contribution is -2.42. The summed E-state index contributed by atoms with van der Waals surface area (Å²) in [5.41, 5.74) is 0. The number of nitrogens with one attached hydrogen (secondary N) is 1. The Morgan fingerprint density at radius 2 is 2.11 bits per heavy atom. The van der Waals surface area contributed by atoms with E-state index in [0.717, 1.165) is 0 Å². The summed E-state index contributed by atoms with van der Waals surface area (Å²) in [6.07, 6.45) is 0. The van der Waals surface area contributed by atoms with Gasteiger partial charge in [-0.3, -0.25) is 9.59 Å². The highest BCUT2D eigenvalue weighted by Crippen LogP contribution is 2.15. The van der Waals surface area contributed by atoms with Crippen molar-refractivity contribution in [2.45, 2.75) is 26.8 Å². The molecular weight excluding hydrogens is 300 g/mol. The van der Waals surface area contributed by atoms with Crippen LogP contribution in [0.5, 0.6) is 0 Å². The van der Waals surface area contributed by atoms with E-state index in [-0.39, 0.29) is 30.2 Å². The summed E-state index contributed by atoms with van der Waals surface area (Å²) >= 11 is 3.14. The molecule has 0 bridgehead atoms. The number of likely N-dealkylation sites (N-methyl/N-ethyl adjacent to an activating group) is 1. The average Bonchev–Trinajstić information content (AvgIpc) is 2.70. The summed E-state index contributed by atoms with van der Waals surface area (Å²) in [5.74, 6) is -0.242. The Balaban J connectivity index is 2.66. The fraction of sp³-hybridized carbons (Fsp3) is 0.500. The van der Waals surface area contributed by atoms with Crippen LogP contribution in [0.25, 0.3) is 0 Å². The molecular formula is C12H17BrN2O3. The van der Waals surface area contributed by atoms with E-state index < -0.39 is 0 Å². The van der Waals surface area contributed by atoms with E-state index in [1.807, 2.05) is 20.8 Å². The first-order valence-corrected chi connectivity index (χ1v) is 6.57. The Kier molecular flexibility index (Phi) is 5.40. The number of amides is 2. The Bertz CT molecular complexity index is 429. The molecule has 0 atom stereocenters. The van der Waals surface area contributed by atoms with Crippen molar-refractivity contribution in [3.05, 3.63) is 22.6 Å². The summed E-state index contributed by atoms with van der Waals surface area (Å²) in [6, 6.07) is 3.29. The molecule has 2 amide bonds. The zero-order valence-electron chi connectivity index (χ0n) is 10.7. The lowest BCUT2D eigenvalue weighted by atomic mass is 10.3. The van der Waals surface area contributed by atoms with Gasteiger partial charge in [0.05, 0.1) is 6.54 Å². The van der Waals surface area contributed by atoms with Gasteiger partial charge in [0.2, 0.25) is 5.91 Å². The first-order chi connectivity index (χ1) is 8.43. The second-order valence-electron chi connectivity index (χ2n) is 4.15. The molecule has 1 N–H and O–H groups in total. The molecule has 0 unspecified atom stereocenters. The van der Waals surface area contributed by atoms with Gasteiger partial charge in [0.25, 0.3) is 5.91 Å². The molecule has 18 heavy (non-hydrogen) atoms. The number of rotatable bonds is 5. The van der Waals surface area contributed by atoms with E-state index in [1.54, 1.807) is 12.1 Å². The zero-order chi connectivity index (χ0) is 13.7. The van der Waals surface area contributed by atoms with Crippen molar-refractivity contribution in [2.24, 2.45) is 0 Å². The molecule has 0 spiro atoms. The highest BCUT2D eigenvalue weighted by molar-refractivity contribution is 9.10. The number of carbonyl (C=O) groups is 2. The third kappa shape index (κ3) is 4.18. The molecule has 0 saturated carbocycles. The third-order valence-electron chi connectivity index (χ3n) is 2.24. The molecule has 1 aromatic rings. The van der Waals surface area contributed by atoms with Crippen LogP contribution in [-0.2, 0) is 4.79 Å². The van der Waals surface area contributed by atoms with Gasteiger partial charge >= 0.3 is 0 Å². The van der Waals surface area contributed by atoms with E-state index in [1.165, 1.54) is 4.90 Å². The Morgan fingerprint density at radius 3 is 2.56 bits per heavy atom. The van der Waals surface area contributed by atoms with Gasteiger partial charge in [-0.15, -0.1) is 0 Å². The first-order valence-electron chi connectivity index (χ1n) is 5.78. The standard InChI is InChI=1S/C12H17BrN2O3/c1-4-15(7-11(16)14-8(2)3)12(17)9-5-6-10(13)18-9/h5-6,8H,4,7H2,1-3H3,(H,14,16). The number of hydrogen-bond donors (Lipinski definition) is 1. The second-order valence-corrected chi connectivity index (χ2v) is 4.93. The van der Waals surface area contributed by atoms with E-state index in [4.69, 9.17) is 4.42 Å². The SMILES string of the molecule is CCN(CC(=O)NC(C)C)C(=O)c1ccc(Br)o1. The summed E-state index contributed by atoms with van der Waals surface area (Å²) in [7, 11) is 0. The van der Waals surface area contributed by atoms with Crippen molar-refractivity contribution in [2.75, 3.05) is 13.1 Å². The zero-order valence-corrected chi connectivity index (χ0v) is 12.3. The largest absolute Gasteiger partial charge is 0.444 e. The Labute approximate surface area is 115 Å². The van der Waals surface area contributed by atoms with Crippen LogP contribution in [-0.4, -0.2) is 35.8 Å². The predicted molar refractivity (Wildman–Crippen MR) is 71.3 cm³/mol. The van der Waals surface area contributed by atoms with Gasteiger partial charge in [-0.1, -0.05) is 0 Å². The molecule has 0 fully saturated rings. The van der Waals surface area contributed by atoms with E-state index >= 15 is 0 Å². The van der Waals surface area contributed by atoms with Gasteiger partial charge in [-0.05, 0) is 48.8 Å². The fourth-order valence-electron chi connectivity index (χ4n) is 1.45. The van der Waals surface area contributed by atoms with Gasteiger partial charge in [0.1, 0.15) is 0 Å². The average molecular weight is 317 g/mol. The van der Waals surface area contributed by atoms with Crippen molar-refractivity contribution in [3.8, 4) is 0 Å². The van der Waals surface area contributed by atoms with Crippen LogP contribution in [0.1, 0.15) is 31.3 Å². The maximum atomic E-state index is 12.0. The second kappa shape index (κ2) is 6.58. The van der Waals surface area contributed by atoms with Crippen LogP contribution in [0.2, 0.25) is 0 Å². The van der Waals surface area contributed by atoms with Gasteiger partial charge in [-0.2, -0.15) is 0 Å². The van der Waals surface area contributed by atoms with Crippen LogP contribution in [0.3, 0.4) is 0 Å². The molecule has 100 valence electrons. The van der Waals surface area contributed by atoms with Gasteiger partial charge in [0, 0.05) is 12.6 Å². The Hall–Kier alpha value is -1.30. The fourth-order valence-corrected chi connectivity index (χ4v) is 1.76. The van der Waals surface area contributed by atoms with Crippen LogP contribution in [0.15, 0.2) is 21.2 Å². The first kappa shape index (κ1) is 14.8. The van der Waals surface area contributed by atoms with Crippen LogP contribution >= 0.6 is 15.9 Å². The minimum atomic E-state index is -0.290. The maximum absolute atomic E-state index is 12.0. The van der Waals surface area contributed by atoms with Crippen LogP contribution in [0, 0.1) is 0 Å². The van der Waals surface area contributed by atoms with Gasteiger partial charge in [0.15, 0.2) is 10.4 Å². The van der Waals surface area contributed by atoms with Crippen molar-refractivity contribution < 1.29 is 14.0 Å². The van der Waals surface area contributed by atoms with E-state index in [9.17, 15) is 9.59 Å². The Morgan fingerprint density at radius 1 is 1.44 bits per heavy atom. The quantitative estimate of drug-likeness (QED) is 0.904. The molecule has 0 aliphatic carbocycles. The van der Waals surface area contributed by atoms with Crippen LogP contribution < -0.4 is 5.32 Å². The van der Waals surface area contributed by atoms with Gasteiger partial charge in [-0.25, -0.2) is 0 Å². The molecule has 0 aliphatic rings. The van der Waals surface area contributed by atoms with Crippen molar-refractivity contribution in [1.82, 2.24) is 10.2 Å².